The van der Waals surface area contributed by atoms with E-state index >= 15 is 0 Å². The summed E-state index contributed by atoms with van der Waals surface area (Å²) < 4.78 is 15.2. The van der Waals surface area contributed by atoms with Gasteiger partial charge in [0.15, 0.2) is 0 Å². The number of aromatic nitrogens is 4. The number of aryl methyl sites for hydroxylation is 1. The molecule has 0 atom stereocenters. The van der Waals surface area contributed by atoms with Crippen LogP contribution >= 0.6 is 0 Å². The van der Waals surface area contributed by atoms with Crippen LogP contribution in [0.25, 0.3) is 16.6 Å². The first-order chi connectivity index (χ1) is 13.3. The molecule has 0 amide bonds. The molecule has 0 saturated heterocycles. The fraction of sp³-hybridized carbons (Fsp3) is 0.238. The first kappa shape index (κ1) is 17.3. The molecule has 138 valence electrons. The van der Waals surface area contributed by atoms with E-state index in [2.05, 4.69) is 17.1 Å². The van der Waals surface area contributed by atoms with Gasteiger partial charge < -0.3 is 14.0 Å². The summed E-state index contributed by atoms with van der Waals surface area (Å²) in [6.07, 6.45) is 5.51. The number of hydrogen-bond donors (Lipinski definition) is 0. The van der Waals surface area contributed by atoms with Gasteiger partial charge in [-0.2, -0.15) is 5.10 Å². The van der Waals surface area contributed by atoms with Gasteiger partial charge in [0.2, 0.25) is 0 Å². The first-order valence-corrected chi connectivity index (χ1v) is 8.92. The van der Waals surface area contributed by atoms with Gasteiger partial charge in [0, 0.05) is 19.5 Å². The average molecular weight is 362 g/mol. The normalized spacial score (nSPS) is 11.2. The Labute approximate surface area is 158 Å². The summed E-state index contributed by atoms with van der Waals surface area (Å²) in [7, 11) is 1.67. The second-order valence-electron chi connectivity index (χ2n) is 6.35. The van der Waals surface area contributed by atoms with Crippen molar-refractivity contribution in [2.45, 2.75) is 13.5 Å². The lowest BCUT2D eigenvalue weighted by molar-refractivity contribution is 0.147. The van der Waals surface area contributed by atoms with Gasteiger partial charge in [0.1, 0.15) is 17.9 Å². The minimum atomic E-state index is 0.492. The molecule has 2 heterocycles. The van der Waals surface area contributed by atoms with Crippen molar-refractivity contribution in [2.75, 3.05) is 20.3 Å². The molecular formula is C21H22N4O2. The number of rotatable bonds is 7. The highest BCUT2D eigenvalue weighted by Crippen LogP contribution is 2.33. The zero-order valence-corrected chi connectivity index (χ0v) is 15.5. The van der Waals surface area contributed by atoms with Gasteiger partial charge in [-0.1, -0.05) is 30.3 Å². The Hall–Kier alpha value is -3.12. The predicted molar refractivity (Wildman–Crippen MR) is 105 cm³/mol. The molecule has 0 spiro atoms. The quantitative estimate of drug-likeness (QED) is 0.471. The lowest BCUT2D eigenvalue weighted by Gasteiger charge is -2.13. The number of fused-ring (bicyclic) bond motifs is 1. The highest BCUT2D eigenvalue weighted by molar-refractivity contribution is 5.94. The van der Waals surface area contributed by atoms with Crippen molar-refractivity contribution < 1.29 is 9.47 Å². The summed E-state index contributed by atoms with van der Waals surface area (Å²) in [6, 6.07) is 14.4. The summed E-state index contributed by atoms with van der Waals surface area (Å²) >= 11 is 0. The van der Waals surface area contributed by atoms with E-state index in [0.29, 0.717) is 19.8 Å². The van der Waals surface area contributed by atoms with Gasteiger partial charge in [-0.3, -0.25) is 4.68 Å². The molecule has 2 aromatic carbocycles. The number of ether oxygens (including phenoxy) is 2. The number of nitrogens with zero attached hydrogens (tertiary/aromatic N) is 4. The SMILES string of the molecule is COCCOc1ccc(-n2ccnc2)c2c(C)nn(Cc3ccccc3)c12. The topological polar surface area (TPSA) is 54.1 Å². The zero-order valence-electron chi connectivity index (χ0n) is 15.5. The molecule has 0 unspecified atom stereocenters. The van der Waals surface area contributed by atoms with Crippen molar-refractivity contribution in [3.63, 3.8) is 0 Å². The van der Waals surface area contributed by atoms with E-state index in [4.69, 9.17) is 14.6 Å². The first-order valence-electron chi connectivity index (χ1n) is 8.92. The van der Waals surface area contributed by atoms with Crippen LogP contribution in [0.4, 0.5) is 0 Å². The van der Waals surface area contributed by atoms with Gasteiger partial charge in [0.25, 0.3) is 0 Å². The minimum Gasteiger partial charge on any atom is -0.489 e. The molecular weight excluding hydrogens is 340 g/mol. The molecule has 0 radical (unpaired) electrons. The van der Waals surface area contributed by atoms with E-state index in [1.807, 2.05) is 52.7 Å². The standard InChI is InChI=1S/C21H22N4O2/c1-16-20-18(24-11-10-22-15-24)8-9-19(27-13-12-26-2)21(20)25(23-16)14-17-6-4-3-5-7-17/h3-11,15H,12-14H2,1-2H3. The Balaban J connectivity index is 1.85. The predicted octanol–water partition coefficient (Wildman–Crippen LogP) is 3.60. The van der Waals surface area contributed by atoms with Gasteiger partial charge >= 0.3 is 0 Å². The maximum absolute atomic E-state index is 6.01. The monoisotopic (exact) mass is 362 g/mol. The van der Waals surface area contributed by atoms with E-state index in [1.165, 1.54) is 5.56 Å². The third-order valence-corrected chi connectivity index (χ3v) is 4.51. The molecule has 0 fully saturated rings. The van der Waals surface area contributed by atoms with Crippen molar-refractivity contribution in [1.82, 2.24) is 19.3 Å². The summed E-state index contributed by atoms with van der Waals surface area (Å²) in [5, 5.41) is 5.88. The minimum absolute atomic E-state index is 0.492. The lowest BCUT2D eigenvalue weighted by atomic mass is 10.1. The van der Waals surface area contributed by atoms with Gasteiger partial charge in [-0.25, -0.2) is 4.98 Å². The summed E-state index contributed by atoms with van der Waals surface area (Å²) in [4.78, 5) is 4.18. The zero-order chi connectivity index (χ0) is 18.6. The molecule has 4 aromatic rings. The van der Waals surface area contributed by atoms with Crippen LogP contribution < -0.4 is 4.74 Å². The van der Waals surface area contributed by atoms with Crippen molar-refractivity contribution in [3.05, 3.63) is 72.4 Å². The second kappa shape index (κ2) is 7.63. The van der Waals surface area contributed by atoms with Crippen LogP contribution in [-0.2, 0) is 11.3 Å². The van der Waals surface area contributed by atoms with Crippen molar-refractivity contribution in [3.8, 4) is 11.4 Å². The van der Waals surface area contributed by atoms with Crippen LogP contribution in [0.5, 0.6) is 5.75 Å². The summed E-state index contributed by atoms with van der Waals surface area (Å²) in [5.41, 5.74) is 4.18. The van der Waals surface area contributed by atoms with Crippen LogP contribution in [0.3, 0.4) is 0 Å². The Morgan fingerprint density at radius 3 is 2.63 bits per heavy atom. The Kier molecular flexibility index (Phi) is 4.89. The van der Waals surface area contributed by atoms with Crippen LogP contribution in [0.1, 0.15) is 11.3 Å². The molecule has 0 N–H and O–H groups in total. The smallest absolute Gasteiger partial charge is 0.145 e. The maximum Gasteiger partial charge on any atom is 0.145 e. The highest BCUT2D eigenvalue weighted by atomic mass is 16.5. The molecule has 0 aliphatic heterocycles. The fourth-order valence-electron chi connectivity index (χ4n) is 3.29. The van der Waals surface area contributed by atoms with Crippen LogP contribution in [0, 0.1) is 6.92 Å². The van der Waals surface area contributed by atoms with E-state index < -0.39 is 0 Å². The molecule has 2 aromatic heterocycles. The average Bonchev–Trinajstić information content (AvgIpc) is 3.32. The Bertz CT molecular complexity index is 1020. The van der Waals surface area contributed by atoms with Crippen LogP contribution in [0.15, 0.2) is 61.2 Å². The van der Waals surface area contributed by atoms with Crippen molar-refractivity contribution in [1.29, 1.82) is 0 Å². The Morgan fingerprint density at radius 2 is 1.89 bits per heavy atom. The van der Waals surface area contributed by atoms with Crippen LogP contribution in [0.2, 0.25) is 0 Å². The molecule has 0 bridgehead atoms. The summed E-state index contributed by atoms with van der Waals surface area (Å²) in [6.45, 7) is 3.74. The van der Waals surface area contributed by atoms with E-state index in [9.17, 15) is 0 Å². The molecule has 0 saturated carbocycles. The molecule has 0 aliphatic rings. The number of benzene rings is 2. The van der Waals surface area contributed by atoms with Crippen LogP contribution in [-0.4, -0.2) is 39.7 Å². The third-order valence-electron chi connectivity index (χ3n) is 4.51. The maximum atomic E-state index is 6.01. The van der Waals surface area contributed by atoms with E-state index in [-0.39, 0.29) is 0 Å². The second-order valence-corrected chi connectivity index (χ2v) is 6.35. The molecule has 4 rings (SSSR count). The lowest BCUT2D eigenvalue weighted by Crippen LogP contribution is -2.07. The van der Waals surface area contributed by atoms with E-state index in [1.54, 1.807) is 19.6 Å². The third kappa shape index (κ3) is 3.44. The summed E-state index contributed by atoms with van der Waals surface area (Å²) in [5.74, 6) is 0.808. The van der Waals surface area contributed by atoms with Gasteiger partial charge in [-0.15, -0.1) is 0 Å². The highest BCUT2D eigenvalue weighted by Gasteiger charge is 2.18. The van der Waals surface area contributed by atoms with Crippen molar-refractivity contribution in [2.24, 2.45) is 0 Å². The van der Waals surface area contributed by atoms with E-state index in [0.717, 1.165) is 28.0 Å². The number of methoxy groups -OCH3 is 1. The number of imidazole rings is 1. The fourth-order valence-corrected chi connectivity index (χ4v) is 3.29. The van der Waals surface area contributed by atoms with Gasteiger partial charge in [0.05, 0.1) is 36.2 Å². The molecule has 0 aliphatic carbocycles. The number of hydrogen-bond acceptors (Lipinski definition) is 4. The largest absolute Gasteiger partial charge is 0.489 e. The van der Waals surface area contributed by atoms with Crippen molar-refractivity contribution >= 4 is 10.9 Å². The molecule has 6 nitrogen and oxygen atoms in total. The Morgan fingerprint density at radius 1 is 1.04 bits per heavy atom. The molecule has 6 heteroatoms. The van der Waals surface area contributed by atoms with Gasteiger partial charge in [-0.05, 0) is 24.6 Å². The molecule has 27 heavy (non-hydrogen) atoms.